The molecule has 2 aliphatic rings. The fourth-order valence-corrected chi connectivity index (χ4v) is 3.51. The zero-order valence-corrected chi connectivity index (χ0v) is 12.0. The van der Waals surface area contributed by atoms with Crippen LogP contribution in [-0.2, 0) is 22.4 Å². The Balaban J connectivity index is 1.64. The quantitative estimate of drug-likeness (QED) is 0.828. The molecule has 1 aromatic rings. The number of fused-ring (bicyclic) bond motifs is 1. The summed E-state index contributed by atoms with van der Waals surface area (Å²) in [5.41, 5.74) is 2.64. The average Bonchev–Trinajstić information content (AvgIpc) is 2.90. The molecule has 0 bridgehead atoms. The molecule has 20 heavy (non-hydrogen) atoms. The van der Waals surface area contributed by atoms with Gasteiger partial charge in [0.05, 0.1) is 0 Å². The first-order chi connectivity index (χ1) is 9.65. The van der Waals surface area contributed by atoms with Crippen LogP contribution in [0.4, 0.5) is 0 Å². The van der Waals surface area contributed by atoms with Gasteiger partial charge in [0.15, 0.2) is 0 Å². The molecule has 1 saturated carbocycles. The first kappa shape index (κ1) is 13.3. The lowest BCUT2D eigenvalue weighted by molar-refractivity contribution is -0.138. The molecule has 1 aromatic carbocycles. The van der Waals surface area contributed by atoms with E-state index < -0.39 is 0 Å². The van der Waals surface area contributed by atoms with E-state index in [2.05, 4.69) is 12.1 Å². The van der Waals surface area contributed by atoms with E-state index in [0.717, 1.165) is 25.7 Å². The monoisotopic (exact) mass is 271 g/mol. The van der Waals surface area contributed by atoms with Gasteiger partial charge >= 0.3 is 0 Å². The number of carbonyl (C=O) groups is 2. The molecule has 0 heterocycles. The number of ketones is 1. The highest BCUT2D eigenvalue weighted by molar-refractivity contribution is 5.82. The minimum Gasteiger partial charge on any atom is -0.342 e. The molecule has 0 aliphatic heterocycles. The fraction of sp³-hybridized carbons (Fsp3) is 0.529. The van der Waals surface area contributed by atoms with Crippen molar-refractivity contribution in [3.8, 4) is 0 Å². The Labute approximate surface area is 120 Å². The van der Waals surface area contributed by atoms with Crippen molar-refractivity contribution in [1.29, 1.82) is 0 Å². The predicted molar refractivity (Wildman–Crippen MR) is 77.4 cm³/mol. The van der Waals surface area contributed by atoms with E-state index in [1.807, 2.05) is 24.1 Å². The molecule has 3 rings (SSSR count). The maximum atomic E-state index is 12.6. The van der Waals surface area contributed by atoms with Gasteiger partial charge in [0, 0.05) is 31.8 Å². The van der Waals surface area contributed by atoms with Crippen molar-refractivity contribution in [3.05, 3.63) is 35.4 Å². The van der Waals surface area contributed by atoms with Gasteiger partial charge in [0.1, 0.15) is 5.78 Å². The molecule has 0 radical (unpaired) electrons. The summed E-state index contributed by atoms with van der Waals surface area (Å²) in [7, 11) is 1.91. The second kappa shape index (κ2) is 5.39. The lowest BCUT2D eigenvalue weighted by Gasteiger charge is -2.32. The van der Waals surface area contributed by atoms with E-state index in [0.29, 0.717) is 18.6 Å². The highest BCUT2D eigenvalue weighted by atomic mass is 16.2. The summed E-state index contributed by atoms with van der Waals surface area (Å²) in [5.74, 6) is 0.686. The largest absolute Gasteiger partial charge is 0.342 e. The molecular weight excluding hydrogens is 250 g/mol. The van der Waals surface area contributed by atoms with Crippen LogP contribution in [0.5, 0.6) is 0 Å². The second-order valence-electron chi connectivity index (χ2n) is 6.09. The normalized spacial score (nSPS) is 19.9. The molecule has 1 amide bonds. The molecule has 0 unspecified atom stereocenters. The minimum atomic E-state index is 0.0926. The lowest BCUT2D eigenvalue weighted by Crippen LogP contribution is -2.42. The van der Waals surface area contributed by atoms with Gasteiger partial charge in [-0.05, 0) is 36.8 Å². The van der Waals surface area contributed by atoms with Crippen LogP contribution in [0, 0.1) is 5.92 Å². The summed E-state index contributed by atoms with van der Waals surface area (Å²) < 4.78 is 0. The summed E-state index contributed by atoms with van der Waals surface area (Å²) in [6, 6.07) is 8.59. The predicted octanol–water partition coefficient (Wildman–Crippen LogP) is 2.37. The molecule has 0 atom stereocenters. The standard InChI is InChI=1S/C17H21NO2/c1-18(15-6-8-16(19)9-7-15)17(20)14-10-12-4-2-3-5-13(12)11-14/h2-5,14-15H,6-11H2,1H3. The summed E-state index contributed by atoms with van der Waals surface area (Å²) in [5, 5.41) is 0. The number of nitrogens with zero attached hydrogens (tertiary/aromatic N) is 1. The van der Waals surface area contributed by atoms with E-state index in [9.17, 15) is 9.59 Å². The van der Waals surface area contributed by atoms with Crippen LogP contribution in [-0.4, -0.2) is 29.7 Å². The zero-order chi connectivity index (χ0) is 14.1. The number of benzene rings is 1. The maximum absolute atomic E-state index is 12.6. The first-order valence-corrected chi connectivity index (χ1v) is 7.50. The smallest absolute Gasteiger partial charge is 0.226 e. The topological polar surface area (TPSA) is 37.4 Å². The van der Waals surface area contributed by atoms with Gasteiger partial charge in [0.2, 0.25) is 5.91 Å². The third kappa shape index (κ3) is 2.49. The molecule has 0 saturated heterocycles. The molecule has 0 N–H and O–H groups in total. The van der Waals surface area contributed by atoms with E-state index in [1.54, 1.807) is 0 Å². The first-order valence-electron chi connectivity index (χ1n) is 7.50. The van der Waals surface area contributed by atoms with Gasteiger partial charge in [-0.2, -0.15) is 0 Å². The maximum Gasteiger partial charge on any atom is 0.226 e. The van der Waals surface area contributed by atoms with E-state index in [-0.39, 0.29) is 17.9 Å². The Morgan fingerprint density at radius 1 is 1.10 bits per heavy atom. The van der Waals surface area contributed by atoms with Crippen LogP contribution in [0.25, 0.3) is 0 Å². The van der Waals surface area contributed by atoms with Crippen molar-refractivity contribution < 1.29 is 9.59 Å². The summed E-state index contributed by atoms with van der Waals surface area (Å²) >= 11 is 0. The SMILES string of the molecule is CN(C(=O)C1Cc2ccccc2C1)C1CCC(=O)CC1. The number of hydrogen-bond donors (Lipinski definition) is 0. The van der Waals surface area contributed by atoms with E-state index in [1.165, 1.54) is 11.1 Å². The Kier molecular flexibility index (Phi) is 3.60. The Hall–Kier alpha value is -1.64. The van der Waals surface area contributed by atoms with Gasteiger partial charge in [-0.25, -0.2) is 0 Å². The van der Waals surface area contributed by atoms with Gasteiger partial charge in [-0.15, -0.1) is 0 Å². The van der Waals surface area contributed by atoms with Crippen LogP contribution in [0.1, 0.15) is 36.8 Å². The summed E-state index contributed by atoms with van der Waals surface area (Å²) in [6.45, 7) is 0. The van der Waals surface area contributed by atoms with Crippen molar-refractivity contribution in [3.63, 3.8) is 0 Å². The number of hydrogen-bond acceptors (Lipinski definition) is 2. The second-order valence-corrected chi connectivity index (χ2v) is 6.09. The van der Waals surface area contributed by atoms with Crippen LogP contribution in [0.2, 0.25) is 0 Å². The number of rotatable bonds is 2. The van der Waals surface area contributed by atoms with Crippen molar-refractivity contribution >= 4 is 11.7 Å². The molecule has 0 aromatic heterocycles. The van der Waals surface area contributed by atoms with Crippen molar-refractivity contribution in [2.24, 2.45) is 5.92 Å². The fourth-order valence-electron chi connectivity index (χ4n) is 3.51. The Morgan fingerprint density at radius 2 is 1.65 bits per heavy atom. The van der Waals surface area contributed by atoms with Crippen molar-refractivity contribution in [1.82, 2.24) is 4.90 Å². The highest BCUT2D eigenvalue weighted by Crippen LogP contribution is 2.29. The van der Waals surface area contributed by atoms with Gasteiger partial charge in [-0.1, -0.05) is 24.3 Å². The molecule has 0 spiro atoms. The number of carbonyl (C=O) groups excluding carboxylic acids is 2. The number of amides is 1. The molecule has 106 valence electrons. The molecular formula is C17H21NO2. The zero-order valence-electron chi connectivity index (χ0n) is 12.0. The Bertz CT molecular complexity index is 503. The van der Waals surface area contributed by atoms with Crippen molar-refractivity contribution in [2.75, 3.05) is 7.05 Å². The third-order valence-electron chi connectivity index (χ3n) is 4.81. The van der Waals surface area contributed by atoms with Crippen LogP contribution >= 0.6 is 0 Å². The molecule has 1 fully saturated rings. The highest BCUT2D eigenvalue weighted by Gasteiger charge is 2.32. The van der Waals surface area contributed by atoms with Crippen LogP contribution in [0.3, 0.4) is 0 Å². The summed E-state index contributed by atoms with van der Waals surface area (Å²) in [6.07, 6.45) is 4.66. The lowest BCUT2D eigenvalue weighted by atomic mass is 9.92. The average molecular weight is 271 g/mol. The van der Waals surface area contributed by atoms with Gasteiger partial charge < -0.3 is 4.90 Å². The molecule has 2 aliphatic carbocycles. The van der Waals surface area contributed by atoms with Gasteiger partial charge in [-0.3, -0.25) is 9.59 Å². The number of Topliss-reactive ketones (excluding diaryl/α,β-unsaturated/α-hetero) is 1. The Morgan fingerprint density at radius 3 is 2.20 bits per heavy atom. The van der Waals surface area contributed by atoms with Gasteiger partial charge in [0.25, 0.3) is 0 Å². The third-order valence-corrected chi connectivity index (χ3v) is 4.81. The van der Waals surface area contributed by atoms with Crippen LogP contribution in [0.15, 0.2) is 24.3 Å². The van der Waals surface area contributed by atoms with Crippen LogP contribution < -0.4 is 0 Å². The minimum absolute atomic E-state index is 0.0926. The van der Waals surface area contributed by atoms with Crippen molar-refractivity contribution in [2.45, 2.75) is 44.6 Å². The molecule has 3 heteroatoms. The van der Waals surface area contributed by atoms with E-state index >= 15 is 0 Å². The van der Waals surface area contributed by atoms with E-state index in [4.69, 9.17) is 0 Å². The summed E-state index contributed by atoms with van der Waals surface area (Å²) in [4.78, 5) is 25.8. The molecule has 3 nitrogen and oxygen atoms in total.